The lowest BCUT2D eigenvalue weighted by Crippen LogP contribution is -2.03. The van der Waals surface area contributed by atoms with Crippen molar-refractivity contribution >= 4 is 5.97 Å². The van der Waals surface area contributed by atoms with E-state index < -0.39 is 5.97 Å². The fourth-order valence-corrected chi connectivity index (χ4v) is 1.29. The summed E-state index contributed by atoms with van der Waals surface area (Å²) in [5.41, 5.74) is 0. The molecule has 11 heavy (non-hydrogen) atoms. The number of carbonyl (C=O) groups is 1. The van der Waals surface area contributed by atoms with Crippen LogP contribution >= 0.6 is 0 Å². The fraction of sp³-hybridized carbons (Fsp3) is 0.889. The quantitative estimate of drug-likeness (QED) is 0.667. The average Bonchev–Trinajstić information content (AvgIpc) is 1.82. The molecule has 0 aliphatic heterocycles. The first kappa shape index (κ1) is 10.5. The Morgan fingerprint density at radius 1 is 1.36 bits per heavy atom. The Balaban J connectivity index is 3.37. The van der Waals surface area contributed by atoms with Crippen LogP contribution in [0.25, 0.3) is 0 Å². The fourth-order valence-electron chi connectivity index (χ4n) is 1.29. The van der Waals surface area contributed by atoms with E-state index in [-0.39, 0.29) is 0 Å². The summed E-state index contributed by atoms with van der Waals surface area (Å²) >= 11 is 0. The molecule has 2 nitrogen and oxygen atoms in total. The van der Waals surface area contributed by atoms with Crippen molar-refractivity contribution in [3.8, 4) is 0 Å². The second kappa shape index (κ2) is 5.16. The van der Waals surface area contributed by atoms with Gasteiger partial charge in [-0.05, 0) is 24.7 Å². The predicted molar refractivity (Wildman–Crippen MR) is 45.5 cm³/mol. The zero-order valence-electron chi connectivity index (χ0n) is 7.63. The maximum absolute atomic E-state index is 10.2. The summed E-state index contributed by atoms with van der Waals surface area (Å²) in [6.45, 7) is 6.44. The van der Waals surface area contributed by atoms with Crippen molar-refractivity contribution < 1.29 is 9.90 Å². The first-order chi connectivity index (χ1) is 5.02. The zero-order valence-corrected chi connectivity index (χ0v) is 7.63. The predicted octanol–water partition coefficient (Wildman–Crippen LogP) is 2.53. The molecule has 66 valence electrons. The molecule has 0 aliphatic carbocycles. The van der Waals surface area contributed by atoms with Gasteiger partial charge >= 0.3 is 5.97 Å². The lowest BCUT2D eigenvalue weighted by atomic mass is 9.95. The second-order valence-electron chi connectivity index (χ2n) is 3.67. The molecule has 1 N–H and O–H groups in total. The van der Waals surface area contributed by atoms with E-state index in [9.17, 15) is 4.79 Å². The van der Waals surface area contributed by atoms with E-state index in [4.69, 9.17) is 5.11 Å². The van der Waals surface area contributed by atoms with Gasteiger partial charge in [0.1, 0.15) is 0 Å². The molecule has 0 bridgehead atoms. The van der Waals surface area contributed by atoms with Crippen LogP contribution in [0.5, 0.6) is 0 Å². The van der Waals surface area contributed by atoms with E-state index in [0.717, 1.165) is 12.8 Å². The van der Waals surface area contributed by atoms with E-state index in [1.807, 2.05) is 0 Å². The normalized spacial score (nSPS) is 13.5. The van der Waals surface area contributed by atoms with Gasteiger partial charge in [0.15, 0.2) is 0 Å². The molecule has 0 unspecified atom stereocenters. The minimum atomic E-state index is -0.680. The first-order valence-corrected chi connectivity index (χ1v) is 4.24. The second-order valence-corrected chi connectivity index (χ2v) is 3.67. The van der Waals surface area contributed by atoms with Crippen LogP contribution in [0.4, 0.5) is 0 Å². The van der Waals surface area contributed by atoms with Crippen LogP contribution in [0.15, 0.2) is 0 Å². The van der Waals surface area contributed by atoms with Crippen LogP contribution in [-0.2, 0) is 4.79 Å². The molecule has 0 spiro atoms. The SMILES string of the molecule is CC(C)C[C@H](C)CCC(=O)O. The minimum absolute atomic E-state index is 0.313. The molecule has 0 rings (SSSR count). The number of aliphatic carboxylic acids is 1. The van der Waals surface area contributed by atoms with Crippen molar-refractivity contribution in [2.24, 2.45) is 11.8 Å². The van der Waals surface area contributed by atoms with Gasteiger partial charge in [0.25, 0.3) is 0 Å². The summed E-state index contributed by atoms with van der Waals surface area (Å²) in [5, 5.41) is 8.40. The Bertz CT molecular complexity index is 119. The highest BCUT2D eigenvalue weighted by atomic mass is 16.4. The molecule has 0 aromatic rings. The van der Waals surface area contributed by atoms with E-state index in [0.29, 0.717) is 18.3 Å². The van der Waals surface area contributed by atoms with Crippen molar-refractivity contribution in [3.05, 3.63) is 0 Å². The molecule has 0 fully saturated rings. The molecule has 2 heteroatoms. The Labute approximate surface area is 68.6 Å². The number of hydrogen-bond acceptors (Lipinski definition) is 1. The van der Waals surface area contributed by atoms with Gasteiger partial charge in [0.2, 0.25) is 0 Å². The molecule has 0 saturated heterocycles. The van der Waals surface area contributed by atoms with Crippen molar-refractivity contribution in [2.45, 2.75) is 40.0 Å². The van der Waals surface area contributed by atoms with E-state index in [2.05, 4.69) is 20.8 Å². The van der Waals surface area contributed by atoms with Gasteiger partial charge in [0.05, 0.1) is 0 Å². The van der Waals surface area contributed by atoms with Gasteiger partial charge in [-0.3, -0.25) is 4.79 Å². The Hall–Kier alpha value is -0.530. The maximum atomic E-state index is 10.2. The standard InChI is InChI=1S/C9H18O2/c1-7(2)6-8(3)4-5-9(10)11/h7-8H,4-6H2,1-3H3,(H,10,11)/t8-/m1/s1. The molecule has 0 heterocycles. The first-order valence-electron chi connectivity index (χ1n) is 4.24. The third-order valence-corrected chi connectivity index (χ3v) is 1.72. The van der Waals surface area contributed by atoms with Crippen LogP contribution < -0.4 is 0 Å². The Morgan fingerprint density at radius 2 is 1.91 bits per heavy atom. The lowest BCUT2D eigenvalue weighted by Gasteiger charge is -2.11. The van der Waals surface area contributed by atoms with Gasteiger partial charge in [-0.15, -0.1) is 0 Å². The molecule has 0 aliphatic rings. The largest absolute Gasteiger partial charge is 0.481 e. The van der Waals surface area contributed by atoms with Crippen molar-refractivity contribution in [2.75, 3.05) is 0 Å². The van der Waals surface area contributed by atoms with Crippen molar-refractivity contribution in [1.82, 2.24) is 0 Å². The van der Waals surface area contributed by atoms with Crippen molar-refractivity contribution in [1.29, 1.82) is 0 Å². The van der Waals surface area contributed by atoms with Crippen LogP contribution in [0.2, 0.25) is 0 Å². The Morgan fingerprint density at radius 3 is 2.27 bits per heavy atom. The van der Waals surface area contributed by atoms with Crippen LogP contribution in [0.1, 0.15) is 40.0 Å². The molecule has 1 atom stereocenters. The van der Waals surface area contributed by atoms with Gasteiger partial charge in [-0.2, -0.15) is 0 Å². The summed E-state index contributed by atoms with van der Waals surface area (Å²) in [6.07, 6.45) is 2.26. The number of rotatable bonds is 5. The molecule has 0 radical (unpaired) electrons. The highest BCUT2D eigenvalue weighted by Gasteiger charge is 2.06. The molecule has 0 aromatic heterocycles. The average molecular weight is 158 g/mol. The molecule has 0 saturated carbocycles. The van der Waals surface area contributed by atoms with Crippen LogP contribution in [-0.4, -0.2) is 11.1 Å². The Kier molecular flexibility index (Phi) is 4.92. The third-order valence-electron chi connectivity index (χ3n) is 1.72. The van der Waals surface area contributed by atoms with Gasteiger partial charge in [0, 0.05) is 6.42 Å². The molecule has 0 aromatic carbocycles. The molecular weight excluding hydrogens is 140 g/mol. The minimum Gasteiger partial charge on any atom is -0.481 e. The van der Waals surface area contributed by atoms with Crippen molar-refractivity contribution in [3.63, 3.8) is 0 Å². The molecular formula is C9H18O2. The topological polar surface area (TPSA) is 37.3 Å². The zero-order chi connectivity index (χ0) is 8.85. The van der Waals surface area contributed by atoms with E-state index >= 15 is 0 Å². The van der Waals surface area contributed by atoms with E-state index in [1.54, 1.807) is 0 Å². The summed E-state index contributed by atoms with van der Waals surface area (Å²) < 4.78 is 0. The van der Waals surface area contributed by atoms with Gasteiger partial charge < -0.3 is 5.11 Å². The number of hydrogen-bond donors (Lipinski definition) is 1. The van der Waals surface area contributed by atoms with Crippen LogP contribution in [0, 0.1) is 11.8 Å². The smallest absolute Gasteiger partial charge is 0.303 e. The summed E-state index contributed by atoms with van der Waals surface area (Å²) in [5.74, 6) is 0.547. The highest BCUT2D eigenvalue weighted by Crippen LogP contribution is 2.15. The monoisotopic (exact) mass is 158 g/mol. The summed E-state index contributed by atoms with van der Waals surface area (Å²) in [4.78, 5) is 10.2. The maximum Gasteiger partial charge on any atom is 0.303 e. The third kappa shape index (κ3) is 7.37. The molecule has 0 amide bonds. The van der Waals surface area contributed by atoms with Crippen LogP contribution in [0.3, 0.4) is 0 Å². The lowest BCUT2D eigenvalue weighted by molar-refractivity contribution is -0.137. The summed E-state index contributed by atoms with van der Waals surface area (Å²) in [7, 11) is 0. The van der Waals surface area contributed by atoms with E-state index in [1.165, 1.54) is 0 Å². The van der Waals surface area contributed by atoms with Gasteiger partial charge in [-0.1, -0.05) is 20.8 Å². The number of carboxylic acids is 1. The highest BCUT2D eigenvalue weighted by molar-refractivity contribution is 5.66. The number of carboxylic acid groups (broad SMARTS) is 1. The summed E-state index contributed by atoms with van der Waals surface area (Å²) in [6, 6.07) is 0. The van der Waals surface area contributed by atoms with Gasteiger partial charge in [-0.25, -0.2) is 0 Å².